The first-order chi connectivity index (χ1) is 15.7. The summed E-state index contributed by atoms with van der Waals surface area (Å²) in [6.45, 7) is 5.81. The predicted molar refractivity (Wildman–Crippen MR) is 131 cm³/mol. The minimum absolute atomic E-state index is 0.0251. The maximum atomic E-state index is 13.4. The molecule has 6 heteroatoms. The third-order valence-corrected chi connectivity index (χ3v) is 6.81. The second-order valence-corrected chi connectivity index (χ2v) is 8.84. The topological polar surface area (TPSA) is 67.2 Å². The minimum Gasteiger partial charge on any atom is -0.354 e. The van der Waals surface area contributed by atoms with Crippen LogP contribution in [0.3, 0.4) is 0 Å². The Balaban J connectivity index is 1.41. The van der Waals surface area contributed by atoms with Crippen molar-refractivity contribution in [1.82, 2.24) is 25.1 Å². The third kappa shape index (κ3) is 3.15. The molecule has 3 aromatic carbocycles. The van der Waals surface area contributed by atoms with Gasteiger partial charge >= 0.3 is 0 Å². The Bertz CT molecular complexity index is 1460. The Hall–Kier alpha value is -3.35. The molecule has 2 aromatic heterocycles. The van der Waals surface area contributed by atoms with Gasteiger partial charge in [0.1, 0.15) is 0 Å². The molecule has 162 valence electrons. The molecule has 1 fully saturated rings. The lowest BCUT2D eigenvalue weighted by Gasteiger charge is -2.32. The fourth-order valence-electron chi connectivity index (χ4n) is 5.00. The van der Waals surface area contributed by atoms with E-state index in [0.717, 1.165) is 76.3 Å². The van der Waals surface area contributed by atoms with Gasteiger partial charge in [0.2, 0.25) is 0 Å². The van der Waals surface area contributed by atoms with Gasteiger partial charge in [-0.3, -0.25) is 9.69 Å². The normalized spacial score (nSPS) is 15.9. The minimum atomic E-state index is -0.0251. The summed E-state index contributed by atoms with van der Waals surface area (Å²) in [6, 6.07) is 18.6. The fraction of sp³-hybridized carbons (Fsp3) is 0.269. The smallest absolute Gasteiger partial charge is 0.253 e. The number of nitrogens with zero attached hydrogens (tertiary/aromatic N) is 2. The number of carbonyl (C=O) groups excluding carboxylic acids is 1. The van der Waals surface area contributed by atoms with E-state index in [1.165, 1.54) is 0 Å². The maximum absolute atomic E-state index is 13.4. The molecule has 3 heterocycles. The second-order valence-electron chi connectivity index (χ2n) is 8.84. The van der Waals surface area contributed by atoms with Crippen LogP contribution in [0.4, 0.5) is 0 Å². The molecule has 0 bridgehead atoms. The molecular weight excluding hydrogens is 398 g/mol. The summed E-state index contributed by atoms with van der Waals surface area (Å²) in [7, 11) is 2.16. The fourth-order valence-corrected chi connectivity index (χ4v) is 5.00. The van der Waals surface area contributed by atoms with Gasteiger partial charge < -0.3 is 20.2 Å². The lowest BCUT2D eigenvalue weighted by atomic mass is 10.0. The van der Waals surface area contributed by atoms with Gasteiger partial charge in [0.25, 0.3) is 5.91 Å². The summed E-state index contributed by atoms with van der Waals surface area (Å²) < 4.78 is 0. The van der Waals surface area contributed by atoms with Crippen LogP contribution < -0.4 is 5.32 Å². The van der Waals surface area contributed by atoms with Crippen molar-refractivity contribution in [2.75, 3.05) is 46.3 Å². The number of likely N-dealkylation sites (N-methyl/N-ethyl adjacent to an activating group) is 1. The van der Waals surface area contributed by atoms with Gasteiger partial charge in [-0.1, -0.05) is 36.4 Å². The van der Waals surface area contributed by atoms with Gasteiger partial charge in [0.05, 0.1) is 16.6 Å². The lowest BCUT2D eigenvalue weighted by molar-refractivity contribution is 0.0942. The Morgan fingerprint density at radius 2 is 1.53 bits per heavy atom. The van der Waals surface area contributed by atoms with Crippen LogP contribution >= 0.6 is 0 Å². The number of piperazine rings is 1. The van der Waals surface area contributed by atoms with Crippen molar-refractivity contribution in [3.63, 3.8) is 0 Å². The molecule has 1 amide bonds. The molecule has 5 aromatic rings. The number of aromatic amines is 2. The highest BCUT2D eigenvalue weighted by atomic mass is 16.1. The summed E-state index contributed by atoms with van der Waals surface area (Å²) in [4.78, 5) is 25.2. The number of fused-ring (bicyclic) bond motifs is 7. The predicted octanol–water partition coefficient (Wildman–Crippen LogP) is 3.93. The zero-order valence-electron chi connectivity index (χ0n) is 18.2. The summed E-state index contributed by atoms with van der Waals surface area (Å²) in [6.07, 6.45) is 0. The van der Waals surface area contributed by atoms with Crippen molar-refractivity contribution in [3.8, 4) is 0 Å². The highest BCUT2D eigenvalue weighted by Gasteiger charge is 2.20. The third-order valence-electron chi connectivity index (χ3n) is 6.81. The lowest BCUT2D eigenvalue weighted by Crippen LogP contribution is -2.46. The Labute approximate surface area is 186 Å². The van der Waals surface area contributed by atoms with Gasteiger partial charge in [-0.15, -0.1) is 0 Å². The second kappa shape index (κ2) is 7.65. The number of carbonyl (C=O) groups is 1. The molecule has 1 aliphatic rings. The Morgan fingerprint density at radius 3 is 2.31 bits per heavy atom. The largest absolute Gasteiger partial charge is 0.354 e. The van der Waals surface area contributed by atoms with Crippen molar-refractivity contribution in [2.45, 2.75) is 0 Å². The summed E-state index contributed by atoms with van der Waals surface area (Å²) in [5.41, 5.74) is 4.80. The maximum Gasteiger partial charge on any atom is 0.253 e. The molecule has 3 N–H and O–H groups in total. The molecule has 0 unspecified atom stereocenters. The van der Waals surface area contributed by atoms with Crippen molar-refractivity contribution in [3.05, 3.63) is 60.2 Å². The Kier molecular flexibility index (Phi) is 4.63. The van der Waals surface area contributed by atoms with Gasteiger partial charge in [0, 0.05) is 71.8 Å². The van der Waals surface area contributed by atoms with Crippen LogP contribution in [-0.2, 0) is 0 Å². The van der Waals surface area contributed by atoms with Crippen LogP contribution in [0, 0.1) is 0 Å². The highest BCUT2D eigenvalue weighted by molar-refractivity contribution is 6.28. The standard InChI is InChI=1S/C26H27N5O/c1-30-12-14-31(15-13-30)11-10-27-26(32)20-16-19-17-6-2-4-8-21(17)28-24(19)23-18-7-3-5-9-22(18)29-25(20)23/h2-9,16,28-29H,10-15H2,1H3,(H,27,32). The molecule has 1 aliphatic heterocycles. The SMILES string of the molecule is CN1CCN(CCNC(=O)c2cc3c4ccccc4[nH]c3c3c2[nH]c2ccccc23)CC1. The first-order valence-electron chi connectivity index (χ1n) is 11.3. The first-order valence-corrected chi connectivity index (χ1v) is 11.3. The molecular formula is C26H27N5O. The van der Waals surface area contributed by atoms with Crippen LogP contribution in [0.5, 0.6) is 0 Å². The average molecular weight is 426 g/mol. The van der Waals surface area contributed by atoms with E-state index in [4.69, 9.17) is 0 Å². The molecule has 32 heavy (non-hydrogen) atoms. The zero-order chi connectivity index (χ0) is 21.7. The molecule has 0 radical (unpaired) electrons. The van der Waals surface area contributed by atoms with E-state index in [2.05, 4.69) is 56.4 Å². The molecule has 1 saturated heterocycles. The number of para-hydroxylation sites is 2. The van der Waals surface area contributed by atoms with Crippen molar-refractivity contribution >= 4 is 49.5 Å². The molecule has 6 nitrogen and oxygen atoms in total. The molecule has 6 rings (SSSR count). The van der Waals surface area contributed by atoms with Crippen LogP contribution in [0.2, 0.25) is 0 Å². The van der Waals surface area contributed by atoms with Crippen molar-refractivity contribution in [1.29, 1.82) is 0 Å². The molecule has 0 aliphatic carbocycles. The number of hydrogen-bond donors (Lipinski definition) is 3. The van der Waals surface area contributed by atoms with E-state index in [9.17, 15) is 4.79 Å². The zero-order valence-corrected chi connectivity index (χ0v) is 18.2. The van der Waals surface area contributed by atoms with Gasteiger partial charge in [-0.05, 0) is 25.2 Å². The average Bonchev–Trinajstić information content (AvgIpc) is 3.38. The quantitative estimate of drug-likeness (QED) is 0.409. The number of benzene rings is 3. The molecule has 0 saturated carbocycles. The monoisotopic (exact) mass is 425 g/mol. The van der Waals surface area contributed by atoms with E-state index in [-0.39, 0.29) is 5.91 Å². The van der Waals surface area contributed by atoms with E-state index < -0.39 is 0 Å². The molecule has 0 spiro atoms. The van der Waals surface area contributed by atoms with Crippen molar-refractivity contribution in [2.24, 2.45) is 0 Å². The highest BCUT2D eigenvalue weighted by Crippen LogP contribution is 2.37. The number of rotatable bonds is 4. The van der Waals surface area contributed by atoms with Gasteiger partial charge in [0.15, 0.2) is 0 Å². The van der Waals surface area contributed by atoms with Crippen LogP contribution in [0.25, 0.3) is 43.6 Å². The number of H-pyrrole nitrogens is 2. The molecule has 0 atom stereocenters. The summed E-state index contributed by atoms with van der Waals surface area (Å²) in [5.74, 6) is -0.0251. The number of hydrogen-bond acceptors (Lipinski definition) is 3. The first kappa shape index (κ1) is 19.3. The summed E-state index contributed by atoms with van der Waals surface area (Å²) >= 11 is 0. The van der Waals surface area contributed by atoms with Crippen molar-refractivity contribution < 1.29 is 4.79 Å². The van der Waals surface area contributed by atoms with E-state index in [1.54, 1.807) is 0 Å². The van der Waals surface area contributed by atoms with Gasteiger partial charge in [-0.25, -0.2) is 0 Å². The van der Waals surface area contributed by atoms with E-state index >= 15 is 0 Å². The number of aromatic nitrogens is 2. The van der Waals surface area contributed by atoms with Gasteiger partial charge in [-0.2, -0.15) is 0 Å². The number of amides is 1. The summed E-state index contributed by atoms with van der Waals surface area (Å²) in [5, 5.41) is 7.61. The number of nitrogens with one attached hydrogen (secondary N) is 3. The van der Waals surface area contributed by atoms with Crippen LogP contribution in [0.15, 0.2) is 54.6 Å². The Morgan fingerprint density at radius 1 is 0.875 bits per heavy atom. The van der Waals surface area contributed by atoms with E-state index in [0.29, 0.717) is 12.1 Å². The van der Waals surface area contributed by atoms with Crippen LogP contribution in [0.1, 0.15) is 10.4 Å². The van der Waals surface area contributed by atoms with Crippen LogP contribution in [-0.4, -0.2) is 72.0 Å². The van der Waals surface area contributed by atoms with E-state index in [1.807, 2.05) is 30.3 Å².